The van der Waals surface area contributed by atoms with Crippen molar-refractivity contribution in [3.63, 3.8) is 0 Å². The van der Waals surface area contributed by atoms with Crippen LogP contribution in [0, 0.1) is 6.92 Å². The van der Waals surface area contributed by atoms with Crippen molar-refractivity contribution in [1.29, 1.82) is 0 Å². The molecule has 1 N–H and O–H groups in total. The molecule has 1 fully saturated rings. The van der Waals surface area contributed by atoms with E-state index in [0.717, 1.165) is 31.9 Å². The zero-order chi connectivity index (χ0) is 11.0. The van der Waals surface area contributed by atoms with Gasteiger partial charge >= 0.3 is 0 Å². The Balaban J connectivity index is 2.08. The molecular formula is C12H15N3S. The molecule has 1 aromatic carbocycles. The molecule has 1 aromatic heterocycles. The number of benzene rings is 1. The van der Waals surface area contributed by atoms with Crippen molar-refractivity contribution in [2.75, 3.05) is 31.1 Å². The van der Waals surface area contributed by atoms with Gasteiger partial charge in [-0.2, -0.15) is 4.37 Å². The zero-order valence-corrected chi connectivity index (χ0v) is 10.2. The fourth-order valence-corrected chi connectivity index (χ4v) is 3.16. The van der Waals surface area contributed by atoms with Gasteiger partial charge in [-0.25, -0.2) is 0 Å². The van der Waals surface area contributed by atoms with Crippen molar-refractivity contribution in [1.82, 2.24) is 9.69 Å². The lowest BCUT2D eigenvalue weighted by Crippen LogP contribution is -2.43. The van der Waals surface area contributed by atoms with Crippen molar-refractivity contribution in [2.24, 2.45) is 0 Å². The largest absolute Gasteiger partial charge is 0.368 e. The Hall–Kier alpha value is -1.13. The Morgan fingerprint density at radius 1 is 1.31 bits per heavy atom. The molecule has 1 aliphatic rings. The molecule has 1 saturated heterocycles. The van der Waals surface area contributed by atoms with Crippen molar-refractivity contribution in [2.45, 2.75) is 6.92 Å². The number of aromatic nitrogens is 1. The Morgan fingerprint density at radius 2 is 2.12 bits per heavy atom. The molecule has 0 bridgehead atoms. The molecule has 2 heterocycles. The predicted octanol–water partition coefficient (Wildman–Crippen LogP) is 2.01. The minimum absolute atomic E-state index is 1.08. The van der Waals surface area contributed by atoms with Crippen LogP contribution < -0.4 is 10.2 Å². The van der Waals surface area contributed by atoms with Crippen molar-refractivity contribution >= 4 is 27.3 Å². The van der Waals surface area contributed by atoms with E-state index in [1.807, 2.05) is 0 Å². The van der Waals surface area contributed by atoms with Crippen LogP contribution in [0.25, 0.3) is 10.1 Å². The van der Waals surface area contributed by atoms with Crippen LogP contribution in [0.15, 0.2) is 18.2 Å². The van der Waals surface area contributed by atoms with E-state index >= 15 is 0 Å². The monoisotopic (exact) mass is 233 g/mol. The first-order valence-electron chi connectivity index (χ1n) is 5.67. The fourth-order valence-electron chi connectivity index (χ4n) is 2.22. The Bertz CT molecular complexity index is 500. The molecule has 0 atom stereocenters. The van der Waals surface area contributed by atoms with Crippen LogP contribution in [0.5, 0.6) is 0 Å². The molecule has 84 valence electrons. The van der Waals surface area contributed by atoms with Gasteiger partial charge in [0.25, 0.3) is 0 Å². The summed E-state index contributed by atoms with van der Waals surface area (Å²) in [6.07, 6.45) is 0. The van der Waals surface area contributed by atoms with Gasteiger partial charge in [0.05, 0.1) is 16.1 Å². The van der Waals surface area contributed by atoms with Crippen molar-refractivity contribution in [3.05, 3.63) is 23.9 Å². The molecule has 0 unspecified atom stereocenters. The number of anilines is 1. The lowest BCUT2D eigenvalue weighted by atomic mass is 10.2. The van der Waals surface area contributed by atoms with E-state index < -0.39 is 0 Å². The quantitative estimate of drug-likeness (QED) is 0.816. The number of aryl methyl sites for hydroxylation is 1. The number of hydrogen-bond acceptors (Lipinski definition) is 4. The highest BCUT2D eigenvalue weighted by Crippen LogP contribution is 2.32. The second kappa shape index (κ2) is 4.03. The maximum absolute atomic E-state index is 4.45. The molecule has 0 saturated carbocycles. The first kappa shape index (κ1) is 10.1. The van der Waals surface area contributed by atoms with Crippen molar-refractivity contribution < 1.29 is 0 Å². The number of nitrogens with zero attached hydrogens (tertiary/aromatic N) is 2. The second-order valence-electron chi connectivity index (χ2n) is 4.16. The highest BCUT2D eigenvalue weighted by molar-refractivity contribution is 7.14. The fraction of sp³-hybridized carbons (Fsp3) is 0.417. The van der Waals surface area contributed by atoms with Crippen LogP contribution >= 0.6 is 11.5 Å². The van der Waals surface area contributed by atoms with Crippen LogP contribution in [0.4, 0.5) is 5.69 Å². The van der Waals surface area contributed by atoms with Crippen LogP contribution in [0.1, 0.15) is 5.69 Å². The number of nitrogens with one attached hydrogen (secondary N) is 1. The summed E-state index contributed by atoms with van der Waals surface area (Å²) in [6.45, 7) is 6.43. The van der Waals surface area contributed by atoms with E-state index in [9.17, 15) is 0 Å². The van der Waals surface area contributed by atoms with E-state index in [1.165, 1.54) is 15.8 Å². The standard InChI is InChI=1S/C12H15N3S/c1-9-10-3-2-4-11(12(10)16-14-9)15-7-5-13-6-8-15/h2-4,13H,5-8H2,1H3. The first-order chi connectivity index (χ1) is 7.86. The summed E-state index contributed by atoms with van der Waals surface area (Å²) in [4.78, 5) is 2.45. The third-order valence-corrected chi connectivity index (χ3v) is 4.09. The van der Waals surface area contributed by atoms with E-state index in [2.05, 4.69) is 39.7 Å². The molecule has 16 heavy (non-hydrogen) atoms. The topological polar surface area (TPSA) is 28.2 Å². The maximum Gasteiger partial charge on any atom is 0.0786 e. The molecule has 0 radical (unpaired) electrons. The minimum Gasteiger partial charge on any atom is -0.368 e. The number of hydrogen-bond donors (Lipinski definition) is 1. The lowest BCUT2D eigenvalue weighted by molar-refractivity contribution is 0.590. The minimum atomic E-state index is 1.08. The molecular weight excluding hydrogens is 218 g/mol. The van der Waals surface area contributed by atoms with Crippen LogP contribution in [-0.2, 0) is 0 Å². The summed E-state index contributed by atoms with van der Waals surface area (Å²) in [7, 11) is 0. The SMILES string of the molecule is Cc1nsc2c(N3CCNCC3)cccc12. The van der Waals surface area contributed by atoms with Crippen LogP contribution in [0.2, 0.25) is 0 Å². The molecule has 4 heteroatoms. The maximum atomic E-state index is 4.45. The summed E-state index contributed by atoms with van der Waals surface area (Å²) >= 11 is 1.62. The summed E-state index contributed by atoms with van der Waals surface area (Å²) in [5, 5.41) is 4.69. The van der Waals surface area contributed by atoms with E-state index in [4.69, 9.17) is 0 Å². The van der Waals surface area contributed by atoms with Crippen LogP contribution in [0.3, 0.4) is 0 Å². The summed E-state index contributed by atoms with van der Waals surface area (Å²) in [5.41, 5.74) is 2.50. The predicted molar refractivity (Wildman–Crippen MR) is 69.4 cm³/mol. The number of fused-ring (bicyclic) bond motifs is 1. The lowest BCUT2D eigenvalue weighted by Gasteiger charge is -2.29. The second-order valence-corrected chi connectivity index (χ2v) is 4.93. The molecule has 1 aliphatic heterocycles. The highest BCUT2D eigenvalue weighted by atomic mass is 32.1. The van der Waals surface area contributed by atoms with Gasteiger partial charge < -0.3 is 10.2 Å². The zero-order valence-electron chi connectivity index (χ0n) is 9.36. The summed E-state index contributed by atoms with van der Waals surface area (Å²) in [6, 6.07) is 6.52. The Morgan fingerprint density at radius 3 is 2.94 bits per heavy atom. The molecule has 2 aromatic rings. The van der Waals surface area contributed by atoms with Gasteiger partial charge in [-0.15, -0.1) is 0 Å². The molecule has 0 amide bonds. The Labute approximate surface area is 99.2 Å². The molecule has 0 aliphatic carbocycles. The van der Waals surface area contributed by atoms with Gasteiger partial charge in [0.1, 0.15) is 0 Å². The van der Waals surface area contributed by atoms with E-state index in [1.54, 1.807) is 11.5 Å². The van der Waals surface area contributed by atoms with E-state index in [-0.39, 0.29) is 0 Å². The van der Waals surface area contributed by atoms with Gasteiger partial charge in [-0.3, -0.25) is 0 Å². The molecule has 3 rings (SSSR count). The normalized spacial score (nSPS) is 16.9. The van der Waals surface area contributed by atoms with Gasteiger partial charge in [0.2, 0.25) is 0 Å². The van der Waals surface area contributed by atoms with E-state index in [0.29, 0.717) is 0 Å². The van der Waals surface area contributed by atoms with Crippen LogP contribution in [-0.4, -0.2) is 30.6 Å². The van der Waals surface area contributed by atoms with Gasteiger partial charge in [-0.1, -0.05) is 12.1 Å². The molecule has 3 nitrogen and oxygen atoms in total. The average molecular weight is 233 g/mol. The third kappa shape index (κ3) is 1.58. The summed E-state index contributed by atoms with van der Waals surface area (Å²) in [5.74, 6) is 0. The van der Waals surface area contributed by atoms with Gasteiger partial charge in [-0.05, 0) is 24.5 Å². The highest BCUT2D eigenvalue weighted by Gasteiger charge is 2.14. The number of piperazine rings is 1. The average Bonchev–Trinajstić information content (AvgIpc) is 2.73. The Kier molecular flexibility index (Phi) is 2.53. The number of rotatable bonds is 1. The van der Waals surface area contributed by atoms with Crippen molar-refractivity contribution in [3.8, 4) is 0 Å². The van der Waals surface area contributed by atoms with Gasteiger partial charge in [0.15, 0.2) is 0 Å². The summed E-state index contributed by atoms with van der Waals surface area (Å²) < 4.78 is 5.79. The van der Waals surface area contributed by atoms with Gasteiger partial charge in [0, 0.05) is 31.6 Å². The smallest absolute Gasteiger partial charge is 0.0786 e. The first-order valence-corrected chi connectivity index (χ1v) is 6.44. The third-order valence-electron chi connectivity index (χ3n) is 3.12. The molecule has 0 spiro atoms.